The Morgan fingerprint density at radius 2 is 2.17 bits per heavy atom. The van der Waals surface area contributed by atoms with E-state index in [1.165, 1.54) is 48.1 Å². The Labute approximate surface area is 137 Å². The average Bonchev–Trinajstić information content (AvgIpc) is 2.94. The van der Waals surface area contributed by atoms with Crippen molar-refractivity contribution in [3.05, 3.63) is 58.0 Å². The molecule has 6 heteroatoms. The number of nitrogens with zero attached hydrogens (tertiary/aromatic N) is 1. The first-order valence-corrected chi connectivity index (χ1v) is 8.37. The number of aromatic nitrogens is 2. The fourth-order valence-electron chi connectivity index (χ4n) is 2.28. The van der Waals surface area contributed by atoms with E-state index in [0.717, 1.165) is 16.6 Å². The molecular formula is C17H17N3O2S. The van der Waals surface area contributed by atoms with Crippen molar-refractivity contribution in [1.82, 2.24) is 9.97 Å². The van der Waals surface area contributed by atoms with Gasteiger partial charge in [-0.1, -0.05) is 30.7 Å². The van der Waals surface area contributed by atoms with E-state index in [2.05, 4.69) is 34.3 Å². The highest BCUT2D eigenvalue weighted by Crippen LogP contribution is 2.27. The van der Waals surface area contributed by atoms with Crippen LogP contribution in [0.25, 0.3) is 10.2 Å². The van der Waals surface area contributed by atoms with Crippen molar-refractivity contribution < 1.29 is 4.79 Å². The van der Waals surface area contributed by atoms with Gasteiger partial charge in [-0.2, -0.15) is 0 Å². The largest absolute Gasteiger partial charge is 0.328 e. The van der Waals surface area contributed by atoms with Gasteiger partial charge in [0.15, 0.2) is 5.13 Å². The highest BCUT2D eigenvalue weighted by atomic mass is 32.1. The van der Waals surface area contributed by atoms with Crippen LogP contribution < -0.4 is 10.9 Å². The van der Waals surface area contributed by atoms with Crippen molar-refractivity contribution in [1.29, 1.82) is 0 Å². The third-order valence-corrected chi connectivity index (χ3v) is 4.47. The molecule has 1 aromatic carbocycles. The minimum Gasteiger partial charge on any atom is -0.328 e. The molecule has 0 spiro atoms. The molecule has 0 saturated heterocycles. The molecule has 3 aromatic rings. The lowest BCUT2D eigenvalue weighted by molar-refractivity contribution is 0.102. The second kappa shape index (κ2) is 6.75. The van der Waals surface area contributed by atoms with Crippen molar-refractivity contribution >= 4 is 32.6 Å². The zero-order chi connectivity index (χ0) is 16.2. The molecular weight excluding hydrogens is 310 g/mol. The number of hydrogen-bond acceptors (Lipinski definition) is 4. The molecule has 0 atom stereocenters. The highest BCUT2D eigenvalue weighted by Gasteiger charge is 2.10. The third kappa shape index (κ3) is 3.65. The van der Waals surface area contributed by atoms with Crippen LogP contribution >= 0.6 is 11.3 Å². The van der Waals surface area contributed by atoms with Crippen LogP contribution in [0, 0.1) is 0 Å². The summed E-state index contributed by atoms with van der Waals surface area (Å²) in [6.07, 6.45) is 4.79. The fourth-order valence-corrected chi connectivity index (χ4v) is 3.20. The number of carbonyl (C=O) groups excluding carboxylic acids is 1. The van der Waals surface area contributed by atoms with Crippen molar-refractivity contribution in [2.24, 2.45) is 0 Å². The second-order valence-electron chi connectivity index (χ2n) is 5.32. The molecule has 5 nitrogen and oxygen atoms in total. The van der Waals surface area contributed by atoms with Crippen LogP contribution in [0.2, 0.25) is 0 Å². The standard InChI is InChI=1S/C17H17N3O2S/c1-2-3-4-11-5-7-13-14(9-11)23-17(19-13)20-16(22)12-6-8-15(21)18-10-12/h5-10H,2-4H2,1H3,(H,18,21)(H,19,20,22). The van der Waals surface area contributed by atoms with E-state index < -0.39 is 0 Å². The summed E-state index contributed by atoms with van der Waals surface area (Å²) in [4.78, 5) is 30.1. The van der Waals surface area contributed by atoms with Crippen LogP contribution in [0.1, 0.15) is 35.7 Å². The van der Waals surface area contributed by atoms with Gasteiger partial charge in [0.05, 0.1) is 15.8 Å². The zero-order valence-electron chi connectivity index (χ0n) is 12.8. The summed E-state index contributed by atoms with van der Waals surface area (Å²) in [5.41, 5.74) is 2.34. The highest BCUT2D eigenvalue weighted by molar-refractivity contribution is 7.22. The molecule has 0 bridgehead atoms. The summed E-state index contributed by atoms with van der Waals surface area (Å²) in [6.45, 7) is 2.18. The van der Waals surface area contributed by atoms with E-state index in [0.29, 0.717) is 10.7 Å². The van der Waals surface area contributed by atoms with Crippen LogP contribution in [-0.4, -0.2) is 15.9 Å². The summed E-state index contributed by atoms with van der Waals surface area (Å²) < 4.78 is 1.07. The minimum absolute atomic E-state index is 0.235. The molecule has 1 amide bonds. The lowest BCUT2D eigenvalue weighted by atomic mass is 10.1. The van der Waals surface area contributed by atoms with Crippen LogP contribution in [0.15, 0.2) is 41.3 Å². The molecule has 0 radical (unpaired) electrons. The van der Waals surface area contributed by atoms with Crippen molar-refractivity contribution in [2.75, 3.05) is 5.32 Å². The maximum Gasteiger partial charge on any atom is 0.258 e. The first-order valence-electron chi connectivity index (χ1n) is 7.55. The van der Waals surface area contributed by atoms with Gasteiger partial charge >= 0.3 is 0 Å². The molecule has 0 fully saturated rings. The van der Waals surface area contributed by atoms with Crippen LogP contribution in [0.5, 0.6) is 0 Å². The first-order chi connectivity index (χ1) is 11.2. The number of hydrogen-bond donors (Lipinski definition) is 2. The maximum absolute atomic E-state index is 12.1. The number of pyridine rings is 1. The van der Waals surface area contributed by atoms with Gasteiger partial charge in [-0.15, -0.1) is 0 Å². The van der Waals surface area contributed by atoms with Gasteiger partial charge in [0.2, 0.25) is 5.56 Å². The first kappa shape index (κ1) is 15.4. The SMILES string of the molecule is CCCCc1ccc2nc(NC(=O)c3ccc(=O)[nH]c3)sc2c1. The van der Waals surface area contributed by atoms with Gasteiger partial charge in [0.1, 0.15) is 0 Å². The van der Waals surface area contributed by atoms with Crippen molar-refractivity contribution in [3.63, 3.8) is 0 Å². The van der Waals surface area contributed by atoms with E-state index in [4.69, 9.17) is 0 Å². The molecule has 3 rings (SSSR count). The molecule has 0 saturated carbocycles. The predicted molar refractivity (Wildman–Crippen MR) is 93.2 cm³/mol. The fraction of sp³-hybridized carbons (Fsp3) is 0.235. The molecule has 0 aliphatic heterocycles. The number of anilines is 1. The Morgan fingerprint density at radius 3 is 2.91 bits per heavy atom. The Morgan fingerprint density at radius 1 is 1.30 bits per heavy atom. The van der Waals surface area contributed by atoms with Gasteiger partial charge < -0.3 is 4.98 Å². The molecule has 0 unspecified atom stereocenters. The Hall–Kier alpha value is -2.47. The number of amides is 1. The molecule has 2 N–H and O–H groups in total. The quantitative estimate of drug-likeness (QED) is 0.752. The van der Waals surface area contributed by atoms with Gasteiger partial charge in [0, 0.05) is 12.3 Å². The number of nitrogens with one attached hydrogen (secondary N) is 2. The molecule has 0 aliphatic carbocycles. The van der Waals surface area contributed by atoms with Crippen LogP contribution in [0.3, 0.4) is 0 Å². The van der Waals surface area contributed by atoms with Crippen LogP contribution in [-0.2, 0) is 6.42 Å². The van der Waals surface area contributed by atoms with Crippen molar-refractivity contribution in [3.8, 4) is 0 Å². The lowest BCUT2D eigenvalue weighted by Gasteiger charge is -1.99. The monoisotopic (exact) mass is 327 g/mol. The Balaban J connectivity index is 1.78. The van der Waals surface area contributed by atoms with Gasteiger partial charge in [0.25, 0.3) is 5.91 Å². The number of aryl methyl sites for hydroxylation is 1. The van der Waals surface area contributed by atoms with Gasteiger partial charge in [-0.05, 0) is 36.6 Å². The summed E-state index contributed by atoms with van der Waals surface area (Å²) in [6, 6.07) is 9.04. The third-order valence-electron chi connectivity index (χ3n) is 3.54. The minimum atomic E-state index is -0.286. The average molecular weight is 327 g/mol. The van der Waals surface area contributed by atoms with Gasteiger partial charge in [-0.25, -0.2) is 4.98 Å². The number of rotatable bonds is 5. The summed E-state index contributed by atoms with van der Waals surface area (Å²) in [5, 5.41) is 3.34. The normalized spacial score (nSPS) is 10.8. The maximum atomic E-state index is 12.1. The number of benzene rings is 1. The van der Waals surface area contributed by atoms with E-state index in [1.807, 2.05) is 6.07 Å². The number of thiazole rings is 1. The van der Waals surface area contributed by atoms with Crippen LogP contribution in [0.4, 0.5) is 5.13 Å². The molecule has 2 aromatic heterocycles. The zero-order valence-corrected chi connectivity index (χ0v) is 13.6. The number of H-pyrrole nitrogens is 1. The summed E-state index contributed by atoms with van der Waals surface area (Å²) >= 11 is 1.46. The smallest absolute Gasteiger partial charge is 0.258 e. The lowest BCUT2D eigenvalue weighted by Crippen LogP contribution is -2.14. The summed E-state index contributed by atoms with van der Waals surface area (Å²) in [7, 11) is 0. The number of fused-ring (bicyclic) bond motifs is 1. The topological polar surface area (TPSA) is 74.8 Å². The number of carbonyl (C=O) groups is 1. The molecule has 0 aliphatic rings. The molecule has 2 heterocycles. The molecule has 118 valence electrons. The molecule has 23 heavy (non-hydrogen) atoms. The van der Waals surface area contributed by atoms with Gasteiger partial charge in [-0.3, -0.25) is 14.9 Å². The Kier molecular flexibility index (Phi) is 4.52. The Bertz CT molecular complexity index is 878. The number of unbranched alkanes of at least 4 members (excludes halogenated alkanes) is 1. The number of aromatic amines is 1. The second-order valence-corrected chi connectivity index (χ2v) is 6.35. The van der Waals surface area contributed by atoms with Crippen molar-refractivity contribution in [2.45, 2.75) is 26.2 Å². The van der Waals surface area contributed by atoms with E-state index in [-0.39, 0.29) is 11.5 Å². The predicted octanol–water partition coefficient (Wildman–Crippen LogP) is 3.58. The van der Waals surface area contributed by atoms with E-state index in [1.54, 1.807) is 0 Å². The van der Waals surface area contributed by atoms with E-state index >= 15 is 0 Å². The van der Waals surface area contributed by atoms with E-state index in [9.17, 15) is 9.59 Å². The summed E-state index contributed by atoms with van der Waals surface area (Å²) in [5.74, 6) is -0.286.